The van der Waals surface area contributed by atoms with E-state index >= 15 is 0 Å². The van der Waals surface area contributed by atoms with Gasteiger partial charge in [-0.2, -0.15) is 0 Å². The first-order chi connectivity index (χ1) is 25.7. The van der Waals surface area contributed by atoms with Crippen molar-refractivity contribution in [1.82, 2.24) is 14.6 Å². The summed E-state index contributed by atoms with van der Waals surface area (Å²) in [5, 5.41) is 12.1. The number of rotatable bonds is 20. The lowest BCUT2D eigenvalue weighted by Gasteiger charge is -2.37. The average Bonchev–Trinajstić information content (AvgIpc) is 3.57. The maximum atomic E-state index is 14.2. The molecular weight excluding hydrogens is 701 g/mol. The van der Waals surface area contributed by atoms with Crippen LogP contribution in [0.1, 0.15) is 67.5 Å². The molecular formula is C39H50N3O10P. The van der Waals surface area contributed by atoms with Gasteiger partial charge in [-0.25, -0.2) is 14.4 Å². The Bertz CT molecular complexity index is 1850. The molecule has 2 heterocycles. The average molecular weight is 752 g/mol. The third-order valence-corrected chi connectivity index (χ3v) is 11.0. The predicted octanol–water partition coefficient (Wildman–Crippen LogP) is 5.83. The molecule has 14 heteroatoms. The van der Waals surface area contributed by atoms with Crippen molar-refractivity contribution >= 4 is 7.75 Å². The fourth-order valence-corrected chi connectivity index (χ4v) is 8.06. The van der Waals surface area contributed by atoms with Crippen LogP contribution in [0.2, 0.25) is 0 Å². The number of aliphatic hydroxyl groups is 1. The standard InChI is InChI=1S/C39H50N3O10P/c1-5-50-53(46,40-23-11-6-7-12-24-43)52-34-25-36(42-26-28(2)37(44)41-38(42)45)51-35(34)27-49-39(29-13-9-8-10-14-29,30-15-19-32(47-3)20-16-30)31-17-21-33(48-4)22-18-31/h8-10,13-22,26,34-36,43H,5-7,11-12,23-25,27H2,1-4H3,(H,40,46)(H,41,44,45)/t34-,35+,36+,53?/m0/s1. The molecule has 3 aromatic carbocycles. The summed E-state index contributed by atoms with van der Waals surface area (Å²) in [6.07, 6.45) is 2.04. The van der Waals surface area contributed by atoms with E-state index in [2.05, 4.69) is 10.1 Å². The molecule has 0 spiro atoms. The van der Waals surface area contributed by atoms with Gasteiger partial charge in [0.2, 0.25) is 0 Å². The van der Waals surface area contributed by atoms with Gasteiger partial charge in [0.25, 0.3) is 5.56 Å². The quantitative estimate of drug-likeness (QED) is 0.0567. The minimum Gasteiger partial charge on any atom is -0.497 e. The van der Waals surface area contributed by atoms with Crippen molar-refractivity contribution in [2.75, 3.05) is 40.6 Å². The van der Waals surface area contributed by atoms with Crippen molar-refractivity contribution in [3.63, 3.8) is 0 Å². The number of aromatic nitrogens is 2. The van der Waals surface area contributed by atoms with E-state index in [9.17, 15) is 14.2 Å². The number of nitrogens with one attached hydrogen (secondary N) is 2. The van der Waals surface area contributed by atoms with Gasteiger partial charge in [-0.3, -0.25) is 23.4 Å². The number of aliphatic hydroxyl groups excluding tert-OH is 1. The molecule has 0 amide bonds. The summed E-state index contributed by atoms with van der Waals surface area (Å²) in [6, 6.07) is 25.0. The molecule has 13 nitrogen and oxygen atoms in total. The van der Waals surface area contributed by atoms with Gasteiger partial charge in [-0.05, 0) is 67.6 Å². The largest absolute Gasteiger partial charge is 0.497 e. The monoisotopic (exact) mass is 751 g/mol. The molecule has 0 saturated carbocycles. The molecule has 4 atom stereocenters. The summed E-state index contributed by atoms with van der Waals surface area (Å²) in [7, 11) is -0.660. The van der Waals surface area contributed by atoms with Crippen LogP contribution in [0.25, 0.3) is 0 Å². The SMILES string of the molecule is CCOP(=O)(NCCCCCCO)O[C@H]1C[C@H](n2cc(C)c(=O)[nH]c2=O)O[C@@H]1COC(c1ccccc1)(c1ccc(OC)cc1)c1ccc(OC)cc1. The first kappa shape index (κ1) is 40.1. The molecule has 1 saturated heterocycles. The smallest absolute Gasteiger partial charge is 0.405 e. The Morgan fingerprint density at radius 3 is 2.09 bits per heavy atom. The molecule has 0 bridgehead atoms. The minimum absolute atomic E-state index is 0.0709. The lowest BCUT2D eigenvalue weighted by molar-refractivity contribution is -0.0928. The maximum Gasteiger partial charge on any atom is 0.405 e. The lowest BCUT2D eigenvalue weighted by atomic mass is 9.80. The van der Waals surface area contributed by atoms with Gasteiger partial charge >= 0.3 is 13.4 Å². The van der Waals surface area contributed by atoms with Gasteiger partial charge in [0.05, 0.1) is 27.4 Å². The van der Waals surface area contributed by atoms with E-state index < -0.39 is 43.0 Å². The highest BCUT2D eigenvalue weighted by Crippen LogP contribution is 2.49. The van der Waals surface area contributed by atoms with Crippen LogP contribution in [0.4, 0.5) is 0 Å². The second-order valence-electron chi connectivity index (χ2n) is 12.8. The van der Waals surface area contributed by atoms with Crippen molar-refractivity contribution in [3.05, 3.63) is 128 Å². The molecule has 5 rings (SSSR count). The van der Waals surface area contributed by atoms with Crippen LogP contribution in [-0.2, 0) is 28.7 Å². The molecule has 1 fully saturated rings. The fraction of sp³-hybridized carbons (Fsp3) is 0.436. The summed E-state index contributed by atoms with van der Waals surface area (Å²) in [5.74, 6) is 1.35. The molecule has 286 valence electrons. The molecule has 3 N–H and O–H groups in total. The van der Waals surface area contributed by atoms with Crippen molar-refractivity contribution < 1.29 is 37.7 Å². The number of methoxy groups -OCH3 is 2. The first-order valence-electron chi connectivity index (χ1n) is 17.9. The summed E-state index contributed by atoms with van der Waals surface area (Å²) in [5.41, 5.74) is 0.442. The Morgan fingerprint density at radius 2 is 1.51 bits per heavy atom. The van der Waals surface area contributed by atoms with Crippen LogP contribution in [0.3, 0.4) is 0 Å². The topological polar surface area (TPSA) is 160 Å². The minimum atomic E-state index is -3.87. The Hall–Kier alpha value is -4.07. The molecule has 1 aliphatic heterocycles. The highest BCUT2D eigenvalue weighted by atomic mass is 31.2. The number of hydrogen-bond acceptors (Lipinski definition) is 10. The summed E-state index contributed by atoms with van der Waals surface area (Å²) >= 11 is 0. The van der Waals surface area contributed by atoms with E-state index in [0.29, 0.717) is 36.4 Å². The maximum absolute atomic E-state index is 14.2. The molecule has 4 aromatic rings. The van der Waals surface area contributed by atoms with Gasteiger partial charge in [-0.1, -0.05) is 67.4 Å². The third-order valence-electron chi connectivity index (χ3n) is 9.24. The van der Waals surface area contributed by atoms with Gasteiger partial charge in [-0.15, -0.1) is 0 Å². The van der Waals surface area contributed by atoms with E-state index in [1.54, 1.807) is 28.1 Å². The number of H-pyrrole nitrogens is 1. The molecule has 1 unspecified atom stereocenters. The third kappa shape index (κ3) is 9.73. The Balaban J connectivity index is 1.54. The number of unbranched alkanes of at least 4 members (excludes halogenated alkanes) is 3. The first-order valence-corrected chi connectivity index (χ1v) is 19.5. The van der Waals surface area contributed by atoms with Crippen LogP contribution >= 0.6 is 7.75 Å². The highest BCUT2D eigenvalue weighted by Gasteiger charge is 2.45. The number of benzene rings is 3. The summed E-state index contributed by atoms with van der Waals surface area (Å²) in [4.78, 5) is 27.6. The molecule has 53 heavy (non-hydrogen) atoms. The molecule has 1 aliphatic rings. The van der Waals surface area contributed by atoms with E-state index in [0.717, 1.165) is 29.5 Å². The van der Waals surface area contributed by atoms with Crippen molar-refractivity contribution in [3.8, 4) is 11.5 Å². The van der Waals surface area contributed by atoms with Crippen LogP contribution in [0, 0.1) is 6.92 Å². The van der Waals surface area contributed by atoms with E-state index in [4.69, 9.17) is 33.1 Å². The Morgan fingerprint density at radius 1 is 0.906 bits per heavy atom. The van der Waals surface area contributed by atoms with Crippen LogP contribution in [-0.4, -0.2) is 67.5 Å². The zero-order valence-corrected chi connectivity index (χ0v) is 31.6. The normalized spacial score (nSPS) is 18.5. The molecule has 1 aromatic heterocycles. The zero-order valence-electron chi connectivity index (χ0n) is 30.7. The molecule has 0 radical (unpaired) electrons. The fourth-order valence-electron chi connectivity index (χ4n) is 6.48. The number of aromatic amines is 1. The number of nitrogens with zero attached hydrogens (tertiary/aromatic N) is 1. The Labute approximate surface area is 309 Å². The zero-order chi connectivity index (χ0) is 37.8. The van der Waals surface area contributed by atoms with E-state index in [1.165, 1.54) is 10.8 Å². The number of hydrogen-bond donors (Lipinski definition) is 3. The summed E-state index contributed by atoms with van der Waals surface area (Å²) in [6.45, 7) is 3.88. The number of ether oxygens (including phenoxy) is 4. The van der Waals surface area contributed by atoms with E-state index in [1.807, 2.05) is 78.9 Å². The molecule has 0 aliphatic carbocycles. The van der Waals surface area contributed by atoms with Crippen LogP contribution < -0.4 is 25.8 Å². The van der Waals surface area contributed by atoms with E-state index in [-0.39, 0.29) is 26.2 Å². The van der Waals surface area contributed by atoms with Gasteiger partial charge in [0, 0.05) is 31.3 Å². The van der Waals surface area contributed by atoms with Crippen molar-refractivity contribution in [1.29, 1.82) is 0 Å². The lowest BCUT2D eigenvalue weighted by Crippen LogP contribution is -2.39. The second-order valence-corrected chi connectivity index (χ2v) is 14.5. The van der Waals surface area contributed by atoms with Crippen molar-refractivity contribution in [2.24, 2.45) is 0 Å². The number of aryl methyl sites for hydroxylation is 1. The highest BCUT2D eigenvalue weighted by molar-refractivity contribution is 7.51. The van der Waals surface area contributed by atoms with Gasteiger partial charge < -0.3 is 24.1 Å². The van der Waals surface area contributed by atoms with Crippen LogP contribution in [0.15, 0.2) is 94.6 Å². The summed E-state index contributed by atoms with van der Waals surface area (Å²) < 4.78 is 52.1. The predicted molar refractivity (Wildman–Crippen MR) is 201 cm³/mol. The Kier molecular flexibility index (Phi) is 14.2. The van der Waals surface area contributed by atoms with Crippen LogP contribution in [0.5, 0.6) is 11.5 Å². The van der Waals surface area contributed by atoms with Gasteiger partial charge in [0.1, 0.15) is 35.5 Å². The van der Waals surface area contributed by atoms with Crippen molar-refractivity contribution in [2.45, 2.75) is 70.0 Å². The van der Waals surface area contributed by atoms with Gasteiger partial charge in [0.15, 0.2) is 0 Å². The second kappa shape index (κ2) is 18.8.